The average Bonchev–Trinajstić information content (AvgIpc) is 3.39. The van der Waals surface area contributed by atoms with Gasteiger partial charge in [-0.15, -0.1) is 0 Å². The van der Waals surface area contributed by atoms with E-state index in [4.69, 9.17) is 25.1 Å². The zero-order valence-electron chi connectivity index (χ0n) is 23.1. The van der Waals surface area contributed by atoms with Gasteiger partial charge in [0.15, 0.2) is 5.65 Å². The molecule has 0 spiro atoms. The summed E-state index contributed by atoms with van der Waals surface area (Å²) in [5, 5.41) is 17.7. The Labute approximate surface area is 237 Å². The van der Waals surface area contributed by atoms with E-state index in [1.54, 1.807) is 30.5 Å². The van der Waals surface area contributed by atoms with Crippen LogP contribution in [0.4, 0.5) is 5.69 Å². The molecule has 2 aromatic heterocycles. The molecular weight excluding hydrogens is 536 g/mol. The quantitative estimate of drug-likeness (QED) is 0.184. The van der Waals surface area contributed by atoms with Crippen molar-refractivity contribution in [1.29, 1.82) is 0 Å². The van der Waals surface area contributed by atoms with Crippen molar-refractivity contribution in [3.05, 3.63) is 54.0 Å². The number of nitrogens with two attached hydrogens (primary N) is 1. The second kappa shape index (κ2) is 17.9. The van der Waals surface area contributed by atoms with Crippen LogP contribution < -0.4 is 21.1 Å². The Kier molecular flexibility index (Phi) is 14.3. The first kappa shape index (κ1) is 32.7. The van der Waals surface area contributed by atoms with E-state index in [0.29, 0.717) is 23.5 Å². The number of benzene rings is 1. The minimum Gasteiger partial charge on any atom is -0.496 e. The molecule has 0 saturated heterocycles. The molecule has 0 aliphatic rings. The largest absolute Gasteiger partial charge is 0.496 e. The first-order chi connectivity index (χ1) is 19.7. The van der Waals surface area contributed by atoms with Crippen molar-refractivity contribution in [2.45, 2.75) is 32.6 Å². The molecule has 0 aliphatic carbocycles. The third-order valence-electron chi connectivity index (χ3n) is 5.31. The van der Waals surface area contributed by atoms with Gasteiger partial charge >= 0.3 is 5.97 Å². The van der Waals surface area contributed by atoms with Gasteiger partial charge in [0.25, 0.3) is 11.8 Å². The third-order valence-corrected chi connectivity index (χ3v) is 5.31. The lowest BCUT2D eigenvalue weighted by atomic mass is 10.1. The van der Waals surface area contributed by atoms with E-state index < -0.39 is 23.7 Å². The fraction of sp³-hybridized carbons (Fsp3) is 0.407. The molecule has 5 N–H and O–H groups in total. The van der Waals surface area contributed by atoms with Gasteiger partial charge in [-0.1, -0.05) is 19.8 Å². The van der Waals surface area contributed by atoms with Crippen LogP contribution >= 0.6 is 0 Å². The molecule has 0 saturated carbocycles. The fourth-order valence-corrected chi connectivity index (χ4v) is 3.35. The molecule has 0 fully saturated rings. The summed E-state index contributed by atoms with van der Waals surface area (Å²) < 4.78 is 17.0. The molecule has 41 heavy (non-hydrogen) atoms. The molecule has 0 atom stereocenters. The molecule has 3 aromatic rings. The molecule has 222 valence electrons. The highest BCUT2D eigenvalue weighted by Gasteiger charge is 2.16. The highest BCUT2D eigenvalue weighted by Crippen LogP contribution is 2.23. The monoisotopic (exact) mass is 572 g/mol. The zero-order valence-corrected chi connectivity index (χ0v) is 23.1. The van der Waals surface area contributed by atoms with Gasteiger partial charge in [0.1, 0.15) is 18.1 Å². The number of rotatable bonds is 16. The van der Waals surface area contributed by atoms with Gasteiger partial charge in [-0.05, 0) is 36.8 Å². The van der Waals surface area contributed by atoms with Crippen LogP contribution in [0.3, 0.4) is 0 Å². The van der Waals surface area contributed by atoms with Crippen molar-refractivity contribution in [1.82, 2.24) is 19.9 Å². The lowest BCUT2D eigenvalue weighted by Gasteiger charge is -2.12. The van der Waals surface area contributed by atoms with Gasteiger partial charge < -0.3 is 35.7 Å². The van der Waals surface area contributed by atoms with E-state index in [-0.39, 0.29) is 44.2 Å². The summed E-state index contributed by atoms with van der Waals surface area (Å²) in [7, 11) is 1.45. The predicted octanol–water partition coefficient (Wildman–Crippen LogP) is 1.89. The third kappa shape index (κ3) is 12.0. The second-order valence-corrected chi connectivity index (χ2v) is 8.56. The summed E-state index contributed by atoms with van der Waals surface area (Å²) in [6, 6.07) is 8.18. The van der Waals surface area contributed by atoms with Crippen molar-refractivity contribution in [2.75, 3.05) is 45.4 Å². The van der Waals surface area contributed by atoms with Crippen LogP contribution in [0.5, 0.6) is 5.75 Å². The molecular formula is C27H36N6O8. The van der Waals surface area contributed by atoms with Gasteiger partial charge in [0.05, 0.1) is 38.7 Å². The standard InChI is InChI=1S/C21H24N6O6.C6H12O2/c1-31-17-5-4-14(25-21(30)16-12-27-19(26-16)3-2-6-24-27)11-15(17)20(29)23-7-8-32-9-10-33-13-18(22)28;1-2-3-4-5-6(7)8/h2-6,11-12H,7-10,13H2,1H3,(H2,22,28)(H,23,29)(H,25,30);2-5H2,1H3,(H,7,8). The number of carboxylic acids is 1. The fourth-order valence-electron chi connectivity index (χ4n) is 3.35. The summed E-state index contributed by atoms with van der Waals surface area (Å²) in [6.07, 6.45) is 6.38. The lowest BCUT2D eigenvalue weighted by Crippen LogP contribution is -2.28. The molecule has 3 amide bonds. The highest BCUT2D eigenvalue weighted by molar-refractivity contribution is 6.04. The van der Waals surface area contributed by atoms with E-state index in [0.717, 1.165) is 19.3 Å². The van der Waals surface area contributed by atoms with Gasteiger partial charge in [-0.2, -0.15) is 5.10 Å². The summed E-state index contributed by atoms with van der Waals surface area (Å²) in [6.45, 7) is 2.85. The number of ether oxygens (including phenoxy) is 3. The second-order valence-electron chi connectivity index (χ2n) is 8.56. The topological polar surface area (TPSA) is 196 Å². The van der Waals surface area contributed by atoms with Crippen molar-refractivity contribution in [2.24, 2.45) is 5.73 Å². The number of nitrogens with one attached hydrogen (secondary N) is 2. The Morgan fingerprint density at radius 2 is 1.83 bits per heavy atom. The maximum absolute atomic E-state index is 12.6. The van der Waals surface area contributed by atoms with E-state index in [2.05, 4.69) is 27.6 Å². The number of nitrogens with zero attached hydrogens (tertiary/aromatic N) is 3. The van der Waals surface area contributed by atoms with E-state index in [1.165, 1.54) is 23.9 Å². The molecule has 3 rings (SSSR count). The van der Waals surface area contributed by atoms with Crippen molar-refractivity contribution >= 4 is 35.0 Å². The van der Waals surface area contributed by atoms with Crippen LogP contribution in [0.15, 0.2) is 42.7 Å². The van der Waals surface area contributed by atoms with Crippen LogP contribution in [0.25, 0.3) is 5.65 Å². The minimum absolute atomic E-state index is 0.166. The maximum Gasteiger partial charge on any atom is 0.303 e. The average molecular weight is 573 g/mol. The molecule has 2 heterocycles. The molecule has 14 nitrogen and oxygen atoms in total. The summed E-state index contributed by atoms with van der Waals surface area (Å²) in [5.41, 5.74) is 6.33. The van der Waals surface area contributed by atoms with Gasteiger partial charge in [-0.25, -0.2) is 9.50 Å². The zero-order chi connectivity index (χ0) is 30.0. The number of aliphatic carboxylic acids is 1. The summed E-state index contributed by atoms with van der Waals surface area (Å²) >= 11 is 0. The Bertz CT molecular complexity index is 1260. The van der Waals surface area contributed by atoms with E-state index in [9.17, 15) is 19.2 Å². The van der Waals surface area contributed by atoms with Crippen LogP contribution in [0, 0.1) is 0 Å². The molecule has 1 aromatic carbocycles. The molecule has 0 radical (unpaired) electrons. The Morgan fingerprint density at radius 1 is 1.05 bits per heavy atom. The number of carbonyl (C=O) groups excluding carboxylic acids is 3. The van der Waals surface area contributed by atoms with E-state index in [1.807, 2.05) is 0 Å². The molecule has 14 heteroatoms. The number of imidazole rings is 1. The maximum atomic E-state index is 12.6. The SMILES string of the molecule is CCCCCC(=O)O.COc1ccc(NC(=O)c2cn3ncccc3n2)cc1C(=O)NCCOCCOCC(N)=O. The first-order valence-corrected chi connectivity index (χ1v) is 13.0. The van der Waals surface area contributed by atoms with Crippen LogP contribution in [0.1, 0.15) is 53.5 Å². The number of primary amides is 1. The Hall–Kier alpha value is -4.56. The van der Waals surface area contributed by atoms with Crippen molar-refractivity contribution in [3.63, 3.8) is 0 Å². The Balaban J connectivity index is 0.000000642. The minimum atomic E-state index is -0.682. The number of carboxylic acid groups (broad SMARTS) is 1. The van der Waals surface area contributed by atoms with Gasteiger partial charge in [-0.3, -0.25) is 19.2 Å². The smallest absolute Gasteiger partial charge is 0.303 e. The van der Waals surface area contributed by atoms with Crippen LogP contribution in [-0.2, 0) is 19.1 Å². The number of aromatic nitrogens is 3. The molecule has 0 aliphatic heterocycles. The number of unbranched alkanes of at least 4 members (excludes halogenated alkanes) is 2. The first-order valence-electron chi connectivity index (χ1n) is 13.0. The number of amides is 3. The van der Waals surface area contributed by atoms with Crippen molar-refractivity contribution < 1.29 is 38.5 Å². The van der Waals surface area contributed by atoms with Crippen LogP contribution in [0.2, 0.25) is 0 Å². The normalized spacial score (nSPS) is 10.4. The van der Waals surface area contributed by atoms with E-state index >= 15 is 0 Å². The number of fused-ring (bicyclic) bond motifs is 1. The number of anilines is 1. The number of hydrogen-bond acceptors (Lipinski definition) is 9. The van der Waals surface area contributed by atoms with Crippen molar-refractivity contribution in [3.8, 4) is 5.75 Å². The Morgan fingerprint density at radius 3 is 2.51 bits per heavy atom. The molecule has 0 bridgehead atoms. The predicted molar refractivity (Wildman–Crippen MR) is 149 cm³/mol. The number of methoxy groups -OCH3 is 1. The number of carbonyl (C=O) groups is 4. The number of hydrogen-bond donors (Lipinski definition) is 4. The molecule has 0 unspecified atom stereocenters. The highest BCUT2D eigenvalue weighted by atomic mass is 16.5. The van der Waals surface area contributed by atoms with Crippen LogP contribution in [-0.4, -0.2) is 83.5 Å². The van der Waals surface area contributed by atoms with Gasteiger partial charge in [0.2, 0.25) is 5.91 Å². The summed E-state index contributed by atoms with van der Waals surface area (Å²) in [5.74, 6) is -1.72. The summed E-state index contributed by atoms with van der Waals surface area (Å²) in [4.78, 5) is 49.8. The lowest BCUT2D eigenvalue weighted by molar-refractivity contribution is -0.137. The van der Waals surface area contributed by atoms with Gasteiger partial charge in [0, 0.05) is 24.8 Å².